The molecule has 29 heavy (non-hydrogen) atoms. The molecule has 5 rings (SSSR count). The van der Waals surface area contributed by atoms with Crippen LogP contribution in [0.25, 0.3) is 11.2 Å². The van der Waals surface area contributed by atoms with E-state index in [9.17, 15) is 4.79 Å². The molecule has 3 fully saturated rings. The number of nitrogens with one attached hydrogen (secondary N) is 1. The number of hydrogen-bond acceptors (Lipinski definition) is 5. The maximum absolute atomic E-state index is 13.4. The van der Waals surface area contributed by atoms with Crippen molar-refractivity contribution >= 4 is 34.5 Å². The Balaban J connectivity index is 1.29. The molecule has 2 bridgehead atoms. The van der Waals surface area contributed by atoms with Crippen LogP contribution in [0.15, 0.2) is 6.33 Å². The van der Waals surface area contributed by atoms with Crippen LogP contribution in [0, 0.1) is 16.7 Å². The molecule has 8 heteroatoms. The number of carbonyl (C=O) groups excluding carboxylic acids is 1. The van der Waals surface area contributed by atoms with Crippen molar-refractivity contribution in [2.45, 2.75) is 58.9 Å². The lowest BCUT2D eigenvalue weighted by Gasteiger charge is -2.40. The second-order valence-electron chi connectivity index (χ2n) is 10.4. The first kappa shape index (κ1) is 19.1. The summed E-state index contributed by atoms with van der Waals surface area (Å²) >= 11 is 6.09. The van der Waals surface area contributed by atoms with Gasteiger partial charge in [0.1, 0.15) is 5.52 Å². The number of hydrogen-bond donors (Lipinski definition) is 1. The maximum Gasteiger partial charge on any atom is 0.226 e. The van der Waals surface area contributed by atoms with Crippen LogP contribution in [0.1, 0.15) is 52.9 Å². The molecule has 0 spiro atoms. The molecular formula is C21H29ClN6O. The monoisotopic (exact) mass is 416 g/mol. The number of anilines is 1. The quantitative estimate of drug-likeness (QED) is 0.756. The van der Waals surface area contributed by atoms with E-state index in [1.807, 2.05) is 0 Å². The average Bonchev–Trinajstić information content (AvgIpc) is 3.21. The highest BCUT2D eigenvalue weighted by atomic mass is 35.5. The second kappa shape index (κ2) is 6.56. The highest BCUT2D eigenvalue weighted by molar-refractivity contribution is 6.28. The molecule has 2 saturated heterocycles. The number of nitrogens with zero attached hydrogens (tertiary/aromatic N) is 5. The number of amides is 1. The summed E-state index contributed by atoms with van der Waals surface area (Å²) in [5.41, 5.74) is 2.01. The number of aromatic nitrogens is 4. The Kier molecular flexibility index (Phi) is 4.32. The first-order valence-electron chi connectivity index (χ1n) is 10.7. The third-order valence-electron chi connectivity index (χ3n) is 7.08. The fourth-order valence-corrected chi connectivity index (χ4v) is 6.47. The molecule has 3 aliphatic rings. The van der Waals surface area contributed by atoms with E-state index in [1.165, 1.54) is 6.42 Å². The predicted molar refractivity (Wildman–Crippen MR) is 113 cm³/mol. The first-order valence-corrected chi connectivity index (χ1v) is 11.0. The van der Waals surface area contributed by atoms with Crippen molar-refractivity contribution in [3.63, 3.8) is 0 Å². The Morgan fingerprint density at radius 1 is 1.21 bits per heavy atom. The minimum atomic E-state index is 0.104. The summed E-state index contributed by atoms with van der Waals surface area (Å²) in [6.45, 7) is 9.58. The molecule has 2 aromatic heterocycles. The summed E-state index contributed by atoms with van der Waals surface area (Å²) in [6.07, 6.45) is 6.82. The number of likely N-dealkylation sites (tertiary alicyclic amines) is 1. The number of carbonyl (C=O) groups is 1. The van der Waals surface area contributed by atoms with Crippen LogP contribution in [0.2, 0.25) is 5.28 Å². The van der Waals surface area contributed by atoms with Gasteiger partial charge in [-0.25, -0.2) is 4.98 Å². The van der Waals surface area contributed by atoms with Crippen molar-refractivity contribution in [3.8, 4) is 0 Å². The van der Waals surface area contributed by atoms with E-state index in [4.69, 9.17) is 11.6 Å². The Labute approximate surface area is 176 Å². The highest BCUT2D eigenvalue weighted by Crippen LogP contribution is 2.52. The molecule has 1 N–H and O–H groups in total. The molecule has 2 aliphatic heterocycles. The third-order valence-corrected chi connectivity index (χ3v) is 7.25. The average molecular weight is 417 g/mol. The topological polar surface area (TPSA) is 78.0 Å². The minimum Gasteiger partial charge on any atom is -0.355 e. The molecule has 0 aromatic carbocycles. The zero-order valence-corrected chi connectivity index (χ0v) is 18.2. The number of aromatic amines is 1. The van der Waals surface area contributed by atoms with Crippen molar-refractivity contribution in [2.75, 3.05) is 24.5 Å². The molecule has 0 unspecified atom stereocenters. The zero-order valence-electron chi connectivity index (χ0n) is 17.4. The molecule has 7 nitrogen and oxygen atoms in total. The molecule has 156 valence electrons. The molecule has 2 atom stereocenters. The number of piperidine rings is 1. The molecule has 2 aromatic rings. The smallest absolute Gasteiger partial charge is 0.226 e. The molecule has 0 radical (unpaired) electrons. The lowest BCUT2D eigenvalue weighted by atomic mass is 9.65. The van der Waals surface area contributed by atoms with Crippen LogP contribution >= 0.6 is 11.6 Å². The van der Waals surface area contributed by atoms with Crippen LogP contribution in [-0.2, 0) is 4.79 Å². The SMILES string of the molecule is CC1(C)C[C@@H]2C[C@](C)(CN2C(=O)C2CCN(c3nc(Cl)nc4nc[nH]c34)CC2)C1. The second-order valence-corrected chi connectivity index (χ2v) is 10.7. The Hall–Kier alpha value is -1.89. The Morgan fingerprint density at radius 2 is 1.97 bits per heavy atom. The number of H-pyrrole nitrogens is 1. The standard InChI is InChI=1S/C21H29ClN6O/c1-20(2)8-14-9-21(3,10-20)11-28(14)18(29)13-4-6-27(7-5-13)17-15-16(24-12-23-15)25-19(22)26-17/h12-14H,4-11H2,1-3H3,(H,23,24,25,26)/t14-,21+/m1/s1. The lowest BCUT2D eigenvalue weighted by molar-refractivity contribution is -0.137. The molecular weight excluding hydrogens is 388 g/mol. The van der Waals surface area contributed by atoms with Gasteiger partial charge in [-0.1, -0.05) is 20.8 Å². The summed E-state index contributed by atoms with van der Waals surface area (Å²) in [5, 5.41) is 0.206. The molecule has 1 saturated carbocycles. The van der Waals surface area contributed by atoms with E-state index in [0.717, 1.165) is 56.7 Å². The van der Waals surface area contributed by atoms with E-state index in [-0.39, 0.29) is 16.6 Å². The van der Waals surface area contributed by atoms with Gasteiger partial charge >= 0.3 is 0 Å². The number of rotatable bonds is 2. The van der Waals surface area contributed by atoms with Crippen molar-refractivity contribution in [3.05, 3.63) is 11.6 Å². The fourth-order valence-electron chi connectivity index (χ4n) is 6.31. The van der Waals surface area contributed by atoms with E-state index in [0.29, 0.717) is 23.0 Å². The van der Waals surface area contributed by atoms with Gasteiger partial charge in [0.05, 0.1) is 6.33 Å². The summed E-state index contributed by atoms with van der Waals surface area (Å²) in [5.74, 6) is 1.25. The molecule has 4 heterocycles. The van der Waals surface area contributed by atoms with Gasteiger partial charge < -0.3 is 14.8 Å². The van der Waals surface area contributed by atoms with Crippen molar-refractivity contribution in [1.29, 1.82) is 0 Å². The number of fused-ring (bicyclic) bond motifs is 3. The van der Waals surface area contributed by atoms with E-state index < -0.39 is 0 Å². The van der Waals surface area contributed by atoms with Crippen molar-refractivity contribution < 1.29 is 4.79 Å². The van der Waals surface area contributed by atoms with Crippen LogP contribution in [-0.4, -0.2) is 56.4 Å². The van der Waals surface area contributed by atoms with Crippen molar-refractivity contribution in [1.82, 2.24) is 24.8 Å². The van der Waals surface area contributed by atoms with E-state index in [1.54, 1.807) is 6.33 Å². The van der Waals surface area contributed by atoms with E-state index in [2.05, 4.69) is 50.5 Å². The largest absolute Gasteiger partial charge is 0.355 e. The van der Waals surface area contributed by atoms with Gasteiger partial charge in [0, 0.05) is 31.6 Å². The predicted octanol–water partition coefficient (Wildman–Crippen LogP) is 3.65. The summed E-state index contributed by atoms with van der Waals surface area (Å²) in [6, 6.07) is 0.416. The number of halogens is 1. The van der Waals surface area contributed by atoms with Crippen LogP contribution < -0.4 is 4.90 Å². The normalized spacial score (nSPS) is 29.6. The van der Waals surface area contributed by atoms with Gasteiger partial charge in [0.2, 0.25) is 11.2 Å². The van der Waals surface area contributed by atoms with E-state index >= 15 is 0 Å². The number of imidazole rings is 1. The summed E-state index contributed by atoms with van der Waals surface area (Å²) < 4.78 is 0. The van der Waals surface area contributed by atoms with Crippen LogP contribution in [0.3, 0.4) is 0 Å². The van der Waals surface area contributed by atoms with Crippen LogP contribution in [0.5, 0.6) is 0 Å². The van der Waals surface area contributed by atoms with Crippen LogP contribution in [0.4, 0.5) is 5.82 Å². The Morgan fingerprint density at radius 3 is 2.72 bits per heavy atom. The molecule has 1 aliphatic carbocycles. The lowest BCUT2D eigenvalue weighted by Crippen LogP contribution is -2.45. The summed E-state index contributed by atoms with van der Waals surface area (Å²) in [4.78, 5) is 33.7. The maximum atomic E-state index is 13.4. The van der Waals surface area contributed by atoms with Gasteiger partial charge in [0.15, 0.2) is 11.5 Å². The minimum absolute atomic E-state index is 0.104. The molecule has 1 amide bonds. The van der Waals surface area contributed by atoms with Crippen molar-refractivity contribution in [2.24, 2.45) is 16.7 Å². The Bertz CT molecular complexity index is 950. The van der Waals surface area contributed by atoms with Gasteiger partial charge in [-0.2, -0.15) is 9.97 Å². The highest BCUT2D eigenvalue weighted by Gasteiger charge is 2.51. The zero-order chi connectivity index (χ0) is 20.4. The fraction of sp³-hybridized carbons (Fsp3) is 0.714. The van der Waals surface area contributed by atoms with Gasteiger partial charge in [-0.15, -0.1) is 0 Å². The third kappa shape index (κ3) is 3.37. The van der Waals surface area contributed by atoms with Gasteiger partial charge in [-0.05, 0) is 54.5 Å². The van der Waals surface area contributed by atoms with Gasteiger partial charge in [0.25, 0.3) is 0 Å². The van der Waals surface area contributed by atoms with Gasteiger partial charge in [-0.3, -0.25) is 4.79 Å². The summed E-state index contributed by atoms with van der Waals surface area (Å²) in [7, 11) is 0. The first-order chi connectivity index (χ1) is 13.7.